The van der Waals surface area contributed by atoms with Gasteiger partial charge in [0.25, 0.3) is 5.91 Å². The van der Waals surface area contributed by atoms with Crippen LogP contribution < -0.4 is 10.7 Å². The van der Waals surface area contributed by atoms with Crippen molar-refractivity contribution >= 4 is 23.1 Å². The van der Waals surface area contributed by atoms with Gasteiger partial charge in [0, 0.05) is 23.7 Å². The minimum atomic E-state index is -4.43. The molecular formula is C23H21F3N4O2. The first kappa shape index (κ1) is 21.6. The number of carbonyl (C=O) groups excluding carboxylic acids is 1. The van der Waals surface area contributed by atoms with E-state index in [2.05, 4.69) is 20.8 Å². The molecule has 0 radical (unpaired) electrons. The second-order valence-electron chi connectivity index (χ2n) is 7.63. The van der Waals surface area contributed by atoms with Crippen molar-refractivity contribution < 1.29 is 22.4 Å². The Morgan fingerprint density at radius 2 is 1.97 bits per heavy atom. The van der Waals surface area contributed by atoms with Crippen LogP contribution in [-0.2, 0) is 12.6 Å². The van der Waals surface area contributed by atoms with Gasteiger partial charge in [-0.25, -0.2) is 4.98 Å². The largest absolute Gasteiger partial charge is 0.455 e. The van der Waals surface area contributed by atoms with Crippen molar-refractivity contribution in [1.82, 2.24) is 4.98 Å². The molecule has 32 heavy (non-hydrogen) atoms. The zero-order valence-corrected chi connectivity index (χ0v) is 17.5. The fourth-order valence-electron chi connectivity index (χ4n) is 3.61. The number of halogens is 3. The molecule has 0 spiro atoms. The van der Waals surface area contributed by atoms with E-state index >= 15 is 0 Å². The van der Waals surface area contributed by atoms with Crippen molar-refractivity contribution in [3.63, 3.8) is 0 Å². The maximum Gasteiger partial charge on any atom is 0.416 e. The van der Waals surface area contributed by atoms with Crippen molar-refractivity contribution in [2.75, 3.05) is 10.7 Å². The van der Waals surface area contributed by atoms with Crippen LogP contribution in [0.4, 0.5) is 24.7 Å². The third-order valence-electron chi connectivity index (χ3n) is 5.19. The summed E-state index contributed by atoms with van der Waals surface area (Å²) in [6.07, 6.45) is -0.767. The summed E-state index contributed by atoms with van der Waals surface area (Å²) in [4.78, 5) is 16.9. The number of amides is 1. The summed E-state index contributed by atoms with van der Waals surface area (Å²) in [7, 11) is 0. The van der Waals surface area contributed by atoms with E-state index in [1.807, 2.05) is 13.0 Å². The number of rotatable bonds is 4. The Bertz CT molecular complexity index is 1180. The third kappa shape index (κ3) is 4.51. The van der Waals surface area contributed by atoms with Crippen molar-refractivity contribution in [2.45, 2.75) is 39.3 Å². The molecule has 166 valence electrons. The SMILES string of the molecule is Cc1ccc(NC(=O)c2oc3c(c2C)/C(=N/Nc2cccc(C(F)(F)F)c2)CCC3)nc1. The van der Waals surface area contributed by atoms with E-state index in [1.54, 1.807) is 19.2 Å². The van der Waals surface area contributed by atoms with Gasteiger partial charge in [-0.3, -0.25) is 10.2 Å². The fourth-order valence-corrected chi connectivity index (χ4v) is 3.61. The summed E-state index contributed by atoms with van der Waals surface area (Å²) in [5, 5.41) is 7.06. The zero-order chi connectivity index (χ0) is 22.9. The molecule has 2 N–H and O–H groups in total. The number of aryl methyl sites for hydroxylation is 2. The van der Waals surface area contributed by atoms with Crippen molar-refractivity contribution in [3.8, 4) is 0 Å². The van der Waals surface area contributed by atoms with Crippen LogP contribution in [0.2, 0.25) is 0 Å². The average Bonchev–Trinajstić information content (AvgIpc) is 3.11. The molecule has 1 aliphatic carbocycles. The highest BCUT2D eigenvalue weighted by atomic mass is 19.4. The summed E-state index contributed by atoms with van der Waals surface area (Å²) in [5.74, 6) is 0.805. The topological polar surface area (TPSA) is 79.5 Å². The molecule has 9 heteroatoms. The number of hydrogen-bond acceptors (Lipinski definition) is 5. The van der Waals surface area contributed by atoms with Crippen molar-refractivity contribution in [3.05, 3.63) is 76.4 Å². The molecule has 2 heterocycles. The lowest BCUT2D eigenvalue weighted by atomic mass is 9.93. The molecule has 0 saturated carbocycles. The highest BCUT2D eigenvalue weighted by Gasteiger charge is 2.31. The summed E-state index contributed by atoms with van der Waals surface area (Å²) >= 11 is 0. The van der Waals surface area contributed by atoms with Crippen LogP contribution in [-0.4, -0.2) is 16.6 Å². The number of hydrazone groups is 1. The number of nitrogens with one attached hydrogen (secondary N) is 2. The lowest BCUT2D eigenvalue weighted by Crippen LogP contribution is -2.15. The number of aromatic nitrogens is 1. The Balaban J connectivity index is 1.58. The summed E-state index contributed by atoms with van der Waals surface area (Å²) in [6, 6.07) is 8.39. The van der Waals surface area contributed by atoms with E-state index in [1.165, 1.54) is 12.1 Å². The summed E-state index contributed by atoms with van der Waals surface area (Å²) in [6.45, 7) is 3.67. The predicted octanol–water partition coefficient (Wildman–Crippen LogP) is 5.72. The van der Waals surface area contributed by atoms with Crippen LogP contribution >= 0.6 is 0 Å². The number of hydrogen-bond donors (Lipinski definition) is 2. The van der Waals surface area contributed by atoms with Crippen LogP contribution in [0.1, 0.15) is 51.4 Å². The molecule has 0 saturated heterocycles. The van der Waals surface area contributed by atoms with Crippen LogP contribution in [0.15, 0.2) is 52.1 Å². The number of fused-ring (bicyclic) bond motifs is 1. The number of alkyl halides is 3. The number of benzene rings is 1. The highest BCUT2D eigenvalue weighted by Crippen LogP contribution is 2.32. The third-order valence-corrected chi connectivity index (χ3v) is 5.19. The van der Waals surface area contributed by atoms with E-state index in [4.69, 9.17) is 4.42 Å². The smallest absolute Gasteiger partial charge is 0.416 e. The van der Waals surface area contributed by atoms with E-state index in [0.717, 1.165) is 29.7 Å². The molecule has 3 aromatic rings. The number of nitrogens with zero attached hydrogens (tertiary/aromatic N) is 2. The van der Waals surface area contributed by atoms with Crippen LogP contribution in [0.3, 0.4) is 0 Å². The maximum atomic E-state index is 12.9. The Hall–Kier alpha value is -3.62. The van der Waals surface area contributed by atoms with Gasteiger partial charge < -0.3 is 9.73 Å². The molecule has 0 unspecified atom stereocenters. The Morgan fingerprint density at radius 3 is 2.69 bits per heavy atom. The molecule has 0 fully saturated rings. The Labute approximate surface area is 182 Å². The number of furan rings is 1. The number of pyridine rings is 1. The zero-order valence-electron chi connectivity index (χ0n) is 17.5. The minimum absolute atomic E-state index is 0.172. The van der Waals surface area contributed by atoms with Gasteiger partial charge in [-0.1, -0.05) is 12.1 Å². The summed E-state index contributed by atoms with van der Waals surface area (Å²) < 4.78 is 44.7. The maximum absolute atomic E-state index is 12.9. The molecule has 2 aromatic heterocycles. The average molecular weight is 442 g/mol. The predicted molar refractivity (Wildman–Crippen MR) is 115 cm³/mol. The van der Waals surface area contributed by atoms with Crippen LogP contribution in [0.25, 0.3) is 0 Å². The molecule has 1 amide bonds. The first-order chi connectivity index (χ1) is 15.2. The Kier molecular flexibility index (Phi) is 5.73. The first-order valence-electron chi connectivity index (χ1n) is 10.1. The van der Waals surface area contributed by atoms with Gasteiger partial charge in [-0.05, 0) is 56.5 Å². The monoisotopic (exact) mass is 442 g/mol. The Morgan fingerprint density at radius 1 is 1.16 bits per heavy atom. The van der Waals surface area contributed by atoms with E-state index < -0.39 is 17.6 Å². The van der Waals surface area contributed by atoms with Crippen molar-refractivity contribution in [2.24, 2.45) is 5.10 Å². The molecule has 6 nitrogen and oxygen atoms in total. The standard InChI is InChI=1S/C23H21F3N4O2/c1-13-9-10-19(27-12-13)28-22(31)21-14(2)20-17(7-4-8-18(20)32-21)30-29-16-6-3-5-15(11-16)23(24,25)26/h3,5-6,9-12,29H,4,7-8H2,1-2H3,(H,27,28,31)/b30-17+. The van der Waals surface area contributed by atoms with Gasteiger partial charge in [0.2, 0.25) is 0 Å². The summed E-state index contributed by atoms with van der Waals surface area (Å²) in [5.41, 5.74) is 5.15. The fraction of sp³-hybridized carbons (Fsp3) is 0.261. The van der Waals surface area contributed by atoms with Crippen LogP contribution in [0.5, 0.6) is 0 Å². The quantitative estimate of drug-likeness (QED) is 0.507. The van der Waals surface area contributed by atoms with Gasteiger partial charge in [-0.2, -0.15) is 18.3 Å². The normalized spacial score (nSPS) is 14.8. The molecule has 0 atom stereocenters. The van der Waals surface area contributed by atoms with Gasteiger partial charge in [0.05, 0.1) is 17.0 Å². The van der Waals surface area contributed by atoms with Gasteiger partial charge in [-0.15, -0.1) is 0 Å². The van der Waals surface area contributed by atoms with Gasteiger partial charge >= 0.3 is 6.18 Å². The minimum Gasteiger partial charge on any atom is -0.455 e. The second kappa shape index (κ2) is 8.49. The van der Waals surface area contributed by atoms with E-state index in [9.17, 15) is 18.0 Å². The molecular weight excluding hydrogens is 421 g/mol. The van der Waals surface area contributed by atoms with E-state index in [0.29, 0.717) is 35.7 Å². The van der Waals surface area contributed by atoms with Crippen LogP contribution in [0, 0.1) is 13.8 Å². The highest BCUT2D eigenvalue weighted by molar-refractivity contribution is 6.09. The first-order valence-corrected chi connectivity index (χ1v) is 10.1. The molecule has 1 aromatic carbocycles. The molecule has 0 aliphatic heterocycles. The molecule has 0 bridgehead atoms. The van der Waals surface area contributed by atoms with Crippen molar-refractivity contribution in [1.29, 1.82) is 0 Å². The molecule has 4 rings (SSSR count). The van der Waals surface area contributed by atoms with Gasteiger partial charge in [0.15, 0.2) is 5.76 Å². The van der Waals surface area contributed by atoms with Gasteiger partial charge in [0.1, 0.15) is 11.6 Å². The number of carbonyl (C=O) groups is 1. The number of anilines is 2. The lowest BCUT2D eigenvalue weighted by Gasteiger charge is -2.14. The van der Waals surface area contributed by atoms with E-state index in [-0.39, 0.29) is 11.4 Å². The molecule has 1 aliphatic rings. The second-order valence-corrected chi connectivity index (χ2v) is 7.63. The lowest BCUT2D eigenvalue weighted by molar-refractivity contribution is -0.137.